The van der Waals surface area contributed by atoms with Gasteiger partial charge in [-0.15, -0.1) is 0 Å². The van der Waals surface area contributed by atoms with Crippen molar-refractivity contribution < 1.29 is 8.78 Å². The molecule has 0 spiro atoms. The molecule has 2 heterocycles. The maximum Gasteiger partial charge on any atom is 0.126 e. The lowest BCUT2D eigenvalue weighted by atomic mass is 9.97. The maximum atomic E-state index is 14.7. The number of para-hydroxylation sites is 2. The molecule has 0 fully saturated rings. The lowest BCUT2D eigenvalue weighted by molar-refractivity contribution is 0.584. The third kappa shape index (κ3) is 3.78. The lowest BCUT2D eigenvalue weighted by Crippen LogP contribution is -2.06. The molecule has 0 aliphatic rings. The second-order valence-corrected chi connectivity index (χ2v) is 11.4. The summed E-state index contributed by atoms with van der Waals surface area (Å²) in [5.74, 6) is -1.35. The summed E-state index contributed by atoms with van der Waals surface area (Å²) in [7, 11) is 0. The minimum atomic E-state index is -0.677. The van der Waals surface area contributed by atoms with E-state index in [1.54, 1.807) is 0 Å². The zero-order valence-electron chi connectivity index (χ0n) is 24.1. The molecule has 0 unspecified atom stereocenters. The van der Waals surface area contributed by atoms with E-state index in [4.69, 9.17) is 0 Å². The predicted molar refractivity (Wildman–Crippen MR) is 175 cm³/mol. The predicted octanol–water partition coefficient (Wildman–Crippen LogP) is 10.3. The number of hydrogen-bond acceptors (Lipinski definition) is 1. The van der Waals surface area contributed by atoms with Crippen LogP contribution in [0.25, 0.3) is 66.1 Å². The Morgan fingerprint density at radius 3 is 1.66 bits per heavy atom. The molecular formula is C39H25F2N3. The first-order chi connectivity index (χ1) is 21.4. The van der Waals surface area contributed by atoms with Crippen molar-refractivity contribution in [3.05, 3.63) is 144 Å². The van der Waals surface area contributed by atoms with Crippen molar-refractivity contribution in [1.82, 2.24) is 9.13 Å². The fourth-order valence-electron chi connectivity index (χ4n) is 6.73. The zero-order chi connectivity index (χ0) is 30.1. The van der Waals surface area contributed by atoms with E-state index in [9.17, 15) is 14.0 Å². The van der Waals surface area contributed by atoms with Crippen molar-refractivity contribution in [1.29, 1.82) is 5.26 Å². The van der Waals surface area contributed by atoms with Gasteiger partial charge in [-0.05, 0) is 74.0 Å². The van der Waals surface area contributed by atoms with Gasteiger partial charge >= 0.3 is 0 Å². The van der Waals surface area contributed by atoms with E-state index in [0.717, 1.165) is 60.8 Å². The number of benzene rings is 6. The van der Waals surface area contributed by atoms with E-state index in [-0.39, 0.29) is 0 Å². The molecular weight excluding hydrogens is 548 g/mol. The molecule has 0 saturated carbocycles. The van der Waals surface area contributed by atoms with Gasteiger partial charge in [0.2, 0.25) is 0 Å². The average Bonchev–Trinajstić information content (AvgIpc) is 3.52. The molecule has 210 valence electrons. The number of aromatic nitrogens is 2. The molecule has 0 radical (unpaired) electrons. The van der Waals surface area contributed by atoms with Crippen LogP contribution in [0.2, 0.25) is 0 Å². The Morgan fingerprint density at radius 1 is 0.545 bits per heavy atom. The molecule has 3 nitrogen and oxygen atoms in total. The van der Waals surface area contributed by atoms with Crippen molar-refractivity contribution in [2.24, 2.45) is 0 Å². The summed E-state index contributed by atoms with van der Waals surface area (Å²) in [6.45, 7) is 4.12. The second-order valence-electron chi connectivity index (χ2n) is 11.4. The Bertz CT molecular complexity index is 2490. The molecule has 0 saturated heterocycles. The monoisotopic (exact) mass is 573 g/mol. The van der Waals surface area contributed by atoms with Gasteiger partial charge in [0.25, 0.3) is 0 Å². The number of nitrogens with zero attached hydrogens (tertiary/aromatic N) is 3. The van der Waals surface area contributed by atoms with Crippen molar-refractivity contribution in [3.8, 4) is 28.6 Å². The molecule has 8 aromatic rings. The van der Waals surface area contributed by atoms with Crippen LogP contribution < -0.4 is 0 Å². The largest absolute Gasteiger partial charge is 0.308 e. The third-order valence-electron chi connectivity index (χ3n) is 8.56. The normalized spacial score (nSPS) is 11.6. The van der Waals surface area contributed by atoms with Gasteiger partial charge < -0.3 is 9.13 Å². The van der Waals surface area contributed by atoms with Gasteiger partial charge in [-0.3, -0.25) is 0 Å². The summed E-state index contributed by atoms with van der Waals surface area (Å²) in [6, 6.07) is 38.6. The number of halogens is 2. The van der Waals surface area contributed by atoms with Crippen LogP contribution in [0.5, 0.6) is 0 Å². The number of hydrogen-bond donors (Lipinski definition) is 0. The van der Waals surface area contributed by atoms with Crippen LogP contribution in [0.15, 0.2) is 115 Å². The highest BCUT2D eigenvalue weighted by Crippen LogP contribution is 2.42. The van der Waals surface area contributed by atoms with Crippen LogP contribution in [0.1, 0.15) is 16.7 Å². The van der Waals surface area contributed by atoms with Gasteiger partial charge in [-0.25, -0.2) is 8.78 Å². The first-order valence-electron chi connectivity index (χ1n) is 14.5. The number of fused-ring (bicyclic) bond motifs is 6. The Hall–Kier alpha value is -5.73. The van der Waals surface area contributed by atoms with Gasteiger partial charge in [0, 0.05) is 33.2 Å². The standard InChI is InChI=1S/C39H25F2N3/c1-23-11-14-36-31(17-23)29-7-3-5-9-34(29)43(36)38-16-13-28(25-19-26(40)21-27(41)20-25)39(33(38)22-42)44-35-10-6-4-8-30(35)32-18-24(2)12-15-37(32)44/h3-21H,1-2H3. The molecule has 2 aromatic heterocycles. The Labute approximate surface area is 252 Å². The van der Waals surface area contributed by atoms with Crippen molar-refractivity contribution >= 4 is 43.6 Å². The van der Waals surface area contributed by atoms with Crippen LogP contribution in [0, 0.1) is 36.8 Å². The Morgan fingerprint density at radius 2 is 1.07 bits per heavy atom. The van der Waals surface area contributed by atoms with Crippen molar-refractivity contribution in [2.45, 2.75) is 13.8 Å². The molecule has 44 heavy (non-hydrogen) atoms. The maximum absolute atomic E-state index is 14.7. The Balaban J connectivity index is 1.58. The van der Waals surface area contributed by atoms with Gasteiger partial charge in [-0.1, -0.05) is 65.7 Å². The van der Waals surface area contributed by atoms with Crippen LogP contribution in [0.4, 0.5) is 8.78 Å². The summed E-state index contributed by atoms with van der Waals surface area (Å²) in [4.78, 5) is 0. The average molecular weight is 574 g/mol. The molecule has 0 bridgehead atoms. The van der Waals surface area contributed by atoms with E-state index in [1.165, 1.54) is 12.1 Å². The minimum Gasteiger partial charge on any atom is -0.308 e. The fourth-order valence-corrected chi connectivity index (χ4v) is 6.73. The topological polar surface area (TPSA) is 33.6 Å². The minimum absolute atomic E-state index is 0.358. The summed E-state index contributed by atoms with van der Waals surface area (Å²) < 4.78 is 33.6. The van der Waals surface area contributed by atoms with Crippen LogP contribution in [0.3, 0.4) is 0 Å². The lowest BCUT2D eigenvalue weighted by Gasteiger charge is -2.20. The Kier molecular flexibility index (Phi) is 5.69. The first-order valence-corrected chi connectivity index (χ1v) is 14.5. The quantitative estimate of drug-likeness (QED) is 0.207. The van der Waals surface area contributed by atoms with Gasteiger partial charge in [-0.2, -0.15) is 5.26 Å². The highest BCUT2D eigenvalue weighted by molar-refractivity contribution is 6.12. The summed E-state index contributed by atoms with van der Waals surface area (Å²) in [6.07, 6.45) is 0. The number of rotatable bonds is 3. The van der Waals surface area contributed by atoms with Crippen LogP contribution in [-0.2, 0) is 0 Å². The van der Waals surface area contributed by atoms with E-state index >= 15 is 0 Å². The molecule has 0 aliphatic carbocycles. The fraction of sp³-hybridized carbons (Fsp3) is 0.0513. The zero-order valence-corrected chi connectivity index (χ0v) is 24.1. The van der Waals surface area contributed by atoms with Crippen molar-refractivity contribution in [3.63, 3.8) is 0 Å². The van der Waals surface area contributed by atoms with E-state index in [1.807, 2.05) is 48.5 Å². The SMILES string of the molecule is Cc1ccc2c(c1)c1ccccc1n2-c1ccc(-c2cc(F)cc(F)c2)c(-n2c3ccccc3c3cc(C)ccc32)c1C#N. The summed E-state index contributed by atoms with van der Waals surface area (Å²) >= 11 is 0. The third-order valence-corrected chi connectivity index (χ3v) is 8.56. The molecule has 0 amide bonds. The first kappa shape index (κ1) is 25.9. The molecule has 6 aromatic carbocycles. The number of nitriles is 1. The highest BCUT2D eigenvalue weighted by Gasteiger charge is 2.24. The van der Waals surface area contributed by atoms with E-state index in [0.29, 0.717) is 28.1 Å². The highest BCUT2D eigenvalue weighted by atomic mass is 19.1. The van der Waals surface area contributed by atoms with Crippen LogP contribution >= 0.6 is 0 Å². The van der Waals surface area contributed by atoms with Gasteiger partial charge in [0.05, 0.1) is 33.4 Å². The van der Waals surface area contributed by atoms with E-state index in [2.05, 4.69) is 77.6 Å². The molecule has 5 heteroatoms. The van der Waals surface area contributed by atoms with Crippen molar-refractivity contribution in [2.75, 3.05) is 0 Å². The van der Waals surface area contributed by atoms with Gasteiger partial charge in [0.15, 0.2) is 0 Å². The second kappa shape index (κ2) is 9.65. The summed E-state index contributed by atoms with van der Waals surface area (Å²) in [5.41, 5.74) is 8.59. The van der Waals surface area contributed by atoms with Gasteiger partial charge in [0.1, 0.15) is 23.3 Å². The van der Waals surface area contributed by atoms with Crippen LogP contribution in [-0.4, -0.2) is 9.13 Å². The molecule has 0 N–H and O–H groups in total. The molecule has 8 rings (SSSR count). The molecule has 0 aliphatic heterocycles. The smallest absolute Gasteiger partial charge is 0.126 e. The molecule has 0 atom stereocenters. The summed E-state index contributed by atoms with van der Waals surface area (Å²) in [5, 5.41) is 15.3. The van der Waals surface area contributed by atoms with E-state index < -0.39 is 11.6 Å². The number of aryl methyl sites for hydroxylation is 2.